The maximum Gasteiger partial charge on any atom is 0.363 e. The maximum absolute atomic E-state index is 12.2. The summed E-state index contributed by atoms with van der Waals surface area (Å²) in [6.07, 6.45) is 1.67. The average Bonchev–Trinajstić information content (AvgIpc) is 3.00. The van der Waals surface area contributed by atoms with Gasteiger partial charge in [-0.1, -0.05) is 34.1 Å². The molecule has 0 aromatic heterocycles. The van der Waals surface area contributed by atoms with E-state index >= 15 is 0 Å². The molecule has 2 aromatic rings. The van der Waals surface area contributed by atoms with Crippen molar-refractivity contribution in [3.05, 3.63) is 63.8 Å². The molecule has 134 valence electrons. The zero-order valence-corrected chi connectivity index (χ0v) is 16.1. The molecule has 1 aliphatic rings. The summed E-state index contributed by atoms with van der Waals surface area (Å²) in [4.78, 5) is 16.5. The van der Waals surface area contributed by atoms with Gasteiger partial charge in [0.1, 0.15) is 0 Å². The Morgan fingerprint density at radius 1 is 1.08 bits per heavy atom. The van der Waals surface area contributed by atoms with Crippen LogP contribution < -0.4 is 9.47 Å². The van der Waals surface area contributed by atoms with Crippen LogP contribution in [0.4, 0.5) is 0 Å². The SMILES string of the molecule is CCOc1cc(Br)c(C=C2N=C(c3ccccc3)OC2=O)cc1OCC. The van der Waals surface area contributed by atoms with Gasteiger partial charge < -0.3 is 14.2 Å². The Kier molecular flexibility index (Phi) is 5.73. The van der Waals surface area contributed by atoms with E-state index in [-0.39, 0.29) is 5.70 Å². The van der Waals surface area contributed by atoms with Crippen LogP contribution in [-0.2, 0) is 9.53 Å². The Balaban J connectivity index is 1.97. The third kappa shape index (κ3) is 3.96. The highest BCUT2D eigenvalue weighted by molar-refractivity contribution is 9.10. The summed E-state index contributed by atoms with van der Waals surface area (Å²) in [5, 5.41) is 0. The molecule has 0 N–H and O–H groups in total. The number of halogens is 1. The Bertz CT molecular complexity index is 875. The van der Waals surface area contributed by atoms with Crippen molar-refractivity contribution in [2.45, 2.75) is 13.8 Å². The number of hydrogen-bond acceptors (Lipinski definition) is 5. The lowest BCUT2D eigenvalue weighted by Crippen LogP contribution is -2.05. The lowest BCUT2D eigenvalue weighted by atomic mass is 10.1. The third-order valence-electron chi connectivity index (χ3n) is 3.60. The molecular weight excluding hydrogens is 398 g/mol. The zero-order valence-electron chi connectivity index (χ0n) is 14.5. The Hall–Kier alpha value is -2.60. The van der Waals surface area contributed by atoms with Gasteiger partial charge in [-0.25, -0.2) is 9.79 Å². The molecule has 0 saturated carbocycles. The zero-order chi connectivity index (χ0) is 18.5. The van der Waals surface area contributed by atoms with E-state index in [0.29, 0.717) is 30.6 Å². The number of carbonyl (C=O) groups excluding carboxylic acids is 1. The van der Waals surface area contributed by atoms with Crippen LogP contribution >= 0.6 is 15.9 Å². The molecule has 0 aliphatic carbocycles. The quantitative estimate of drug-likeness (QED) is 0.511. The second kappa shape index (κ2) is 8.19. The minimum Gasteiger partial charge on any atom is -0.490 e. The molecule has 0 amide bonds. The second-order valence-electron chi connectivity index (χ2n) is 5.39. The molecule has 0 saturated heterocycles. The smallest absolute Gasteiger partial charge is 0.363 e. The van der Waals surface area contributed by atoms with Gasteiger partial charge in [0.05, 0.1) is 13.2 Å². The van der Waals surface area contributed by atoms with Crippen molar-refractivity contribution in [2.75, 3.05) is 13.2 Å². The number of ether oxygens (including phenoxy) is 3. The largest absolute Gasteiger partial charge is 0.490 e. The summed E-state index contributed by atoms with van der Waals surface area (Å²) >= 11 is 3.51. The molecule has 0 spiro atoms. The van der Waals surface area contributed by atoms with Crippen LogP contribution in [0.5, 0.6) is 11.5 Å². The summed E-state index contributed by atoms with van der Waals surface area (Å²) < 4.78 is 17.3. The number of carbonyl (C=O) groups is 1. The van der Waals surface area contributed by atoms with Crippen LogP contribution in [0.2, 0.25) is 0 Å². The van der Waals surface area contributed by atoms with Gasteiger partial charge in [-0.3, -0.25) is 0 Å². The molecule has 2 aromatic carbocycles. The normalized spacial score (nSPS) is 15.0. The molecule has 1 heterocycles. The van der Waals surface area contributed by atoms with E-state index in [1.165, 1.54) is 0 Å². The molecule has 0 radical (unpaired) electrons. The van der Waals surface area contributed by atoms with Crippen molar-refractivity contribution in [2.24, 2.45) is 4.99 Å². The highest BCUT2D eigenvalue weighted by atomic mass is 79.9. The molecule has 1 aliphatic heterocycles. The summed E-state index contributed by atoms with van der Waals surface area (Å²) in [7, 11) is 0. The van der Waals surface area contributed by atoms with E-state index in [1.54, 1.807) is 6.08 Å². The Labute approximate surface area is 160 Å². The van der Waals surface area contributed by atoms with Crippen molar-refractivity contribution >= 4 is 33.9 Å². The van der Waals surface area contributed by atoms with Crippen LogP contribution in [0.15, 0.2) is 57.6 Å². The summed E-state index contributed by atoms with van der Waals surface area (Å²) in [5.74, 6) is 1.07. The molecular formula is C20H18BrNO4. The highest BCUT2D eigenvalue weighted by Crippen LogP contribution is 2.35. The monoisotopic (exact) mass is 415 g/mol. The summed E-state index contributed by atoms with van der Waals surface area (Å²) in [6.45, 7) is 4.86. The molecule has 6 heteroatoms. The van der Waals surface area contributed by atoms with E-state index in [2.05, 4.69) is 20.9 Å². The van der Waals surface area contributed by atoms with Crippen LogP contribution in [-0.4, -0.2) is 25.1 Å². The Morgan fingerprint density at radius 2 is 1.73 bits per heavy atom. The topological polar surface area (TPSA) is 57.1 Å². The first-order valence-corrected chi connectivity index (χ1v) is 9.08. The summed E-state index contributed by atoms with van der Waals surface area (Å²) in [5.41, 5.74) is 1.74. The molecule has 26 heavy (non-hydrogen) atoms. The molecule has 0 atom stereocenters. The minimum atomic E-state index is -0.484. The Morgan fingerprint density at radius 3 is 2.38 bits per heavy atom. The van der Waals surface area contributed by atoms with Gasteiger partial charge >= 0.3 is 5.97 Å². The first-order chi connectivity index (χ1) is 12.6. The lowest BCUT2D eigenvalue weighted by molar-refractivity contribution is -0.129. The number of rotatable bonds is 6. The number of nitrogens with zero attached hydrogens (tertiary/aromatic N) is 1. The van der Waals surface area contributed by atoms with Crippen molar-refractivity contribution in [1.82, 2.24) is 0 Å². The fraction of sp³-hybridized carbons (Fsp3) is 0.200. The van der Waals surface area contributed by atoms with Crippen molar-refractivity contribution in [1.29, 1.82) is 0 Å². The van der Waals surface area contributed by atoms with E-state index in [4.69, 9.17) is 14.2 Å². The van der Waals surface area contributed by atoms with E-state index < -0.39 is 5.97 Å². The van der Waals surface area contributed by atoms with Gasteiger partial charge in [0.25, 0.3) is 0 Å². The van der Waals surface area contributed by atoms with Crippen molar-refractivity contribution < 1.29 is 19.0 Å². The molecule has 0 bridgehead atoms. The van der Waals surface area contributed by atoms with Gasteiger partial charge in [-0.2, -0.15) is 0 Å². The summed E-state index contributed by atoms with van der Waals surface area (Å²) in [6, 6.07) is 12.9. The number of hydrogen-bond donors (Lipinski definition) is 0. The fourth-order valence-corrected chi connectivity index (χ4v) is 2.90. The van der Waals surface area contributed by atoms with Crippen molar-refractivity contribution in [3.63, 3.8) is 0 Å². The van der Waals surface area contributed by atoms with Crippen LogP contribution in [0.3, 0.4) is 0 Å². The first-order valence-electron chi connectivity index (χ1n) is 8.29. The number of aliphatic imine (C=N–C) groups is 1. The van der Waals surface area contributed by atoms with Gasteiger partial charge in [0.15, 0.2) is 17.2 Å². The molecule has 5 nitrogen and oxygen atoms in total. The molecule has 3 rings (SSSR count). The van der Waals surface area contributed by atoms with E-state index in [9.17, 15) is 4.79 Å². The van der Waals surface area contributed by atoms with Crippen molar-refractivity contribution in [3.8, 4) is 11.5 Å². The van der Waals surface area contributed by atoms with Gasteiger partial charge in [-0.15, -0.1) is 0 Å². The minimum absolute atomic E-state index is 0.233. The molecule has 0 fully saturated rings. The number of esters is 1. The predicted octanol–water partition coefficient (Wildman–Crippen LogP) is 4.59. The average molecular weight is 416 g/mol. The van der Waals surface area contributed by atoms with Gasteiger partial charge in [-0.05, 0) is 49.8 Å². The molecule has 0 unspecified atom stereocenters. The van der Waals surface area contributed by atoms with Crippen LogP contribution in [0.25, 0.3) is 6.08 Å². The highest BCUT2D eigenvalue weighted by Gasteiger charge is 2.24. The van der Waals surface area contributed by atoms with Gasteiger partial charge in [0, 0.05) is 10.0 Å². The van der Waals surface area contributed by atoms with Crippen LogP contribution in [0.1, 0.15) is 25.0 Å². The maximum atomic E-state index is 12.2. The number of benzene rings is 2. The van der Waals surface area contributed by atoms with Crippen LogP contribution in [0, 0.1) is 0 Å². The van der Waals surface area contributed by atoms with Gasteiger partial charge in [0.2, 0.25) is 5.90 Å². The standard InChI is InChI=1S/C20H18BrNO4/c1-3-24-17-11-14(15(21)12-18(17)25-4-2)10-16-20(23)26-19(22-16)13-8-6-5-7-9-13/h5-12H,3-4H2,1-2H3. The predicted molar refractivity (Wildman–Crippen MR) is 104 cm³/mol. The number of cyclic esters (lactones) is 1. The third-order valence-corrected chi connectivity index (χ3v) is 4.28. The van der Waals surface area contributed by atoms with E-state index in [1.807, 2.05) is 56.3 Å². The second-order valence-corrected chi connectivity index (χ2v) is 6.24. The van der Waals surface area contributed by atoms with E-state index in [0.717, 1.165) is 15.6 Å². The first kappa shape index (κ1) is 18.2. The lowest BCUT2D eigenvalue weighted by Gasteiger charge is -2.12. The fourth-order valence-electron chi connectivity index (χ4n) is 2.46.